The highest BCUT2D eigenvalue weighted by molar-refractivity contribution is 5.94. The average molecular weight is 304 g/mol. The largest absolute Gasteiger partial charge is 0.416 e. The summed E-state index contributed by atoms with van der Waals surface area (Å²) in [6.45, 7) is 0.789. The molecule has 116 valence electrons. The summed E-state index contributed by atoms with van der Waals surface area (Å²) in [5.41, 5.74) is -1.55. The normalized spacial score (nSPS) is 19.7. The zero-order valence-electron chi connectivity index (χ0n) is 11.5. The van der Waals surface area contributed by atoms with Crippen LogP contribution in [0.3, 0.4) is 0 Å². The van der Waals surface area contributed by atoms with Crippen LogP contribution < -0.4 is 5.32 Å². The molecule has 1 aliphatic heterocycles. The molecule has 1 aromatic carbocycles. The van der Waals surface area contributed by atoms with E-state index in [0.29, 0.717) is 31.3 Å². The van der Waals surface area contributed by atoms with E-state index < -0.39 is 29.0 Å². The maximum Gasteiger partial charge on any atom is 0.416 e. The zero-order valence-corrected chi connectivity index (χ0v) is 11.5. The number of nitrogens with one attached hydrogen (secondary N) is 1. The lowest BCUT2D eigenvalue weighted by molar-refractivity contribution is -0.137. The van der Waals surface area contributed by atoms with Crippen molar-refractivity contribution < 1.29 is 22.4 Å². The van der Waals surface area contributed by atoms with E-state index in [1.807, 2.05) is 0 Å². The number of hydrogen-bond donors (Lipinski definition) is 1. The molecule has 1 aliphatic rings. The molecule has 1 atom stereocenters. The number of likely N-dealkylation sites (tertiary alicyclic amines) is 1. The van der Waals surface area contributed by atoms with E-state index in [2.05, 4.69) is 5.32 Å². The van der Waals surface area contributed by atoms with E-state index in [9.17, 15) is 22.4 Å². The first kappa shape index (κ1) is 15.8. The predicted molar refractivity (Wildman–Crippen MR) is 69.4 cm³/mol. The van der Waals surface area contributed by atoms with Crippen LogP contribution in [0.15, 0.2) is 18.2 Å². The van der Waals surface area contributed by atoms with E-state index >= 15 is 0 Å². The van der Waals surface area contributed by atoms with E-state index in [-0.39, 0.29) is 6.04 Å². The smallest absolute Gasteiger partial charge is 0.337 e. The number of nitrogens with zero attached hydrogens (tertiary/aromatic N) is 1. The van der Waals surface area contributed by atoms with Crippen molar-refractivity contribution in [2.75, 3.05) is 20.1 Å². The van der Waals surface area contributed by atoms with Gasteiger partial charge in [-0.15, -0.1) is 0 Å². The van der Waals surface area contributed by atoms with Crippen LogP contribution in [0.25, 0.3) is 0 Å². The lowest BCUT2D eigenvalue weighted by Gasteiger charge is -2.32. The molecule has 0 radical (unpaired) electrons. The van der Waals surface area contributed by atoms with Crippen molar-refractivity contribution in [1.82, 2.24) is 10.2 Å². The average Bonchev–Trinajstić information content (AvgIpc) is 2.46. The van der Waals surface area contributed by atoms with Gasteiger partial charge >= 0.3 is 6.18 Å². The lowest BCUT2D eigenvalue weighted by atomic mass is 10.0. The maximum atomic E-state index is 13.7. The maximum absolute atomic E-state index is 13.7. The molecule has 3 nitrogen and oxygen atoms in total. The lowest BCUT2D eigenvalue weighted by Crippen LogP contribution is -2.47. The van der Waals surface area contributed by atoms with Gasteiger partial charge in [-0.25, -0.2) is 4.39 Å². The highest BCUT2D eigenvalue weighted by atomic mass is 19.4. The third kappa shape index (κ3) is 3.53. The number of benzene rings is 1. The molecule has 1 amide bonds. The standard InChI is InChI=1S/C14H16F4N2O/c1-19-10-3-2-6-20(8-10)13(21)11-7-9(14(16,17)18)4-5-12(11)15/h4-5,7,10,19H,2-3,6,8H2,1H3. The van der Waals surface area contributed by atoms with Crippen LogP contribution >= 0.6 is 0 Å². The molecule has 2 rings (SSSR count). The fourth-order valence-electron chi connectivity index (χ4n) is 2.43. The molecule has 1 heterocycles. The minimum atomic E-state index is -4.60. The summed E-state index contributed by atoms with van der Waals surface area (Å²) >= 11 is 0. The number of alkyl halides is 3. The van der Waals surface area contributed by atoms with Gasteiger partial charge in [0.05, 0.1) is 11.1 Å². The van der Waals surface area contributed by atoms with Gasteiger partial charge in [-0.1, -0.05) is 0 Å². The van der Waals surface area contributed by atoms with Gasteiger partial charge in [0.25, 0.3) is 5.91 Å². The fraction of sp³-hybridized carbons (Fsp3) is 0.500. The van der Waals surface area contributed by atoms with Gasteiger partial charge in [0.2, 0.25) is 0 Å². The summed E-state index contributed by atoms with van der Waals surface area (Å²) in [4.78, 5) is 13.6. The second-order valence-corrected chi connectivity index (χ2v) is 5.07. The molecule has 7 heteroatoms. The van der Waals surface area contributed by atoms with Crippen molar-refractivity contribution in [3.05, 3.63) is 35.1 Å². The molecule has 1 N–H and O–H groups in total. The van der Waals surface area contributed by atoms with Crippen molar-refractivity contribution in [1.29, 1.82) is 0 Å². The summed E-state index contributed by atoms with van der Waals surface area (Å²) in [6, 6.07) is 1.99. The monoisotopic (exact) mass is 304 g/mol. The minimum Gasteiger partial charge on any atom is -0.337 e. The zero-order chi connectivity index (χ0) is 15.6. The van der Waals surface area contributed by atoms with Crippen molar-refractivity contribution >= 4 is 5.91 Å². The molecule has 1 saturated heterocycles. The molecule has 1 aromatic rings. The molecule has 0 aliphatic carbocycles. The first-order valence-corrected chi connectivity index (χ1v) is 6.66. The van der Waals surface area contributed by atoms with Crippen LogP contribution in [0, 0.1) is 5.82 Å². The van der Waals surface area contributed by atoms with Gasteiger partial charge in [0.1, 0.15) is 5.82 Å². The molecular weight excluding hydrogens is 288 g/mol. The van der Waals surface area contributed by atoms with Crippen molar-refractivity contribution in [3.63, 3.8) is 0 Å². The van der Waals surface area contributed by atoms with Crippen molar-refractivity contribution in [2.24, 2.45) is 0 Å². The van der Waals surface area contributed by atoms with Crippen LogP contribution in [0.5, 0.6) is 0 Å². The van der Waals surface area contributed by atoms with E-state index in [1.54, 1.807) is 7.05 Å². The van der Waals surface area contributed by atoms with E-state index in [1.165, 1.54) is 4.90 Å². The first-order valence-electron chi connectivity index (χ1n) is 6.66. The third-order valence-electron chi connectivity index (χ3n) is 3.64. The Hall–Kier alpha value is -1.63. The van der Waals surface area contributed by atoms with Gasteiger partial charge in [-0.3, -0.25) is 4.79 Å². The number of amides is 1. The van der Waals surface area contributed by atoms with Crippen LogP contribution in [0.1, 0.15) is 28.8 Å². The first-order chi connectivity index (χ1) is 9.82. The Morgan fingerprint density at radius 2 is 2.10 bits per heavy atom. The fourth-order valence-corrected chi connectivity index (χ4v) is 2.43. The minimum absolute atomic E-state index is 0.0801. The van der Waals surface area contributed by atoms with E-state index in [4.69, 9.17) is 0 Å². The molecule has 0 bridgehead atoms. The second kappa shape index (κ2) is 6.01. The highest BCUT2D eigenvalue weighted by Crippen LogP contribution is 2.30. The summed E-state index contributed by atoms with van der Waals surface area (Å²) in [5.74, 6) is -1.63. The quantitative estimate of drug-likeness (QED) is 0.852. The van der Waals surface area contributed by atoms with Gasteiger partial charge in [0.15, 0.2) is 0 Å². The van der Waals surface area contributed by atoms with Crippen molar-refractivity contribution in [2.45, 2.75) is 25.1 Å². The second-order valence-electron chi connectivity index (χ2n) is 5.07. The Balaban J connectivity index is 2.26. The number of likely N-dealkylation sites (N-methyl/N-ethyl adjacent to an activating group) is 1. The molecule has 1 fully saturated rings. The molecule has 0 saturated carbocycles. The number of halogens is 4. The van der Waals surface area contributed by atoms with Gasteiger partial charge in [-0.05, 0) is 38.1 Å². The van der Waals surface area contributed by atoms with Crippen LogP contribution in [-0.2, 0) is 6.18 Å². The van der Waals surface area contributed by atoms with Crippen molar-refractivity contribution in [3.8, 4) is 0 Å². The van der Waals surface area contributed by atoms with Crippen LogP contribution in [0.2, 0.25) is 0 Å². The third-order valence-corrected chi connectivity index (χ3v) is 3.64. The summed E-state index contributed by atoms with van der Waals surface area (Å²) in [5, 5.41) is 3.02. The van der Waals surface area contributed by atoms with Gasteiger partial charge in [-0.2, -0.15) is 13.2 Å². The van der Waals surface area contributed by atoms with Crippen LogP contribution in [-0.4, -0.2) is 37.0 Å². The number of hydrogen-bond acceptors (Lipinski definition) is 2. The molecule has 21 heavy (non-hydrogen) atoms. The van der Waals surface area contributed by atoms with E-state index in [0.717, 1.165) is 12.8 Å². The molecule has 0 aromatic heterocycles. The summed E-state index contributed by atoms with van der Waals surface area (Å²) in [6.07, 6.45) is -2.98. The topological polar surface area (TPSA) is 32.3 Å². The Kier molecular flexibility index (Phi) is 4.51. The summed E-state index contributed by atoms with van der Waals surface area (Å²) in [7, 11) is 1.75. The SMILES string of the molecule is CNC1CCCN(C(=O)c2cc(C(F)(F)F)ccc2F)C1. The Morgan fingerprint density at radius 3 is 2.71 bits per heavy atom. The van der Waals surface area contributed by atoms with Crippen LogP contribution in [0.4, 0.5) is 17.6 Å². The van der Waals surface area contributed by atoms with Gasteiger partial charge in [0, 0.05) is 19.1 Å². The number of piperidine rings is 1. The molecule has 0 spiro atoms. The molecule has 1 unspecified atom stereocenters. The Bertz CT molecular complexity index is 530. The van der Waals surface area contributed by atoms with Gasteiger partial charge < -0.3 is 10.2 Å². The number of carbonyl (C=O) groups excluding carboxylic acids is 1. The Labute approximate surface area is 119 Å². The predicted octanol–water partition coefficient (Wildman–Crippen LogP) is 2.67. The summed E-state index contributed by atoms with van der Waals surface area (Å²) < 4.78 is 51.7. The highest BCUT2D eigenvalue weighted by Gasteiger charge is 2.33. The Morgan fingerprint density at radius 1 is 1.38 bits per heavy atom. The molecular formula is C14H16F4N2O. The number of rotatable bonds is 2. The number of carbonyl (C=O) groups is 1.